The van der Waals surface area contributed by atoms with Gasteiger partial charge in [-0.1, -0.05) is 30.5 Å². The van der Waals surface area contributed by atoms with Gasteiger partial charge >= 0.3 is 0 Å². The van der Waals surface area contributed by atoms with Crippen molar-refractivity contribution in [2.24, 2.45) is 5.92 Å². The number of hydrogen-bond acceptors (Lipinski definition) is 3. The number of nitrogens with zero attached hydrogens (tertiary/aromatic N) is 1. The van der Waals surface area contributed by atoms with E-state index >= 15 is 0 Å². The Kier molecular flexibility index (Phi) is 4.23. The first-order valence-electron chi connectivity index (χ1n) is 6.51. The van der Waals surface area contributed by atoms with Crippen LogP contribution in [-0.2, 0) is 10.0 Å². The van der Waals surface area contributed by atoms with Gasteiger partial charge in [0.15, 0.2) is 0 Å². The Labute approximate surface area is 114 Å². The van der Waals surface area contributed by atoms with E-state index in [0.717, 1.165) is 31.2 Å². The van der Waals surface area contributed by atoms with Crippen LogP contribution in [0.2, 0.25) is 0 Å². The number of sulfonamides is 1. The van der Waals surface area contributed by atoms with Gasteiger partial charge in [-0.25, -0.2) is 13.1 Å². The van der Waals surface area contributed by atoms with Crippen molar-refractivity contribution < 1.29 is 8.42 Å². The second-order valence-electron chi connectivity index (χ2n) is 5.06. The third-order valence-corrected chi connectivity index (χ3v) is 5.08. The molecule has 0 radical (unpaired) electrons. The number of benzene rings is 1. The van der Waals surface area contributed by atoms with Crippen molar-refractivity contribution in [2.45, 2.75) is 43.5 Å². The number of nitrogens with one attached hydrogen (secondary N) is 1. The smallest absolute Gasteiger partial charge is 0.207 e. The summed E-state index contributed by atoms with van der Waals surface area (Å²) in [6, 6.07) is 8.70. The van der Waals surface area contributed by atoms with Crippen molar-refractivity contribution in [3.8, 4) is 6.07 Å². The van der Waals surface area contributed by atoms with Gasteiger partial charge < -0.3 is 0 Å². The molecule has 19 heavy (non-hydrogen) atoms. The van der Waals surface area contributed by atoms with E-state index in [9.17, 15) is 8.42 Å². The van der Waals surface area contributed by atoms with E-state index in [-0.39, 0.29) is 16.9 Å². The van der Waals surface area contributed by atoms with Crippen LogP contribution in [0.5, 0.6) is 0 Å². The maximum absolute atomic E-state index is 12.3. The van der Waals surface area contributed by atoms with Crippen LogP contribution >= 0.6 is 0 Å². The van der Waals surface area contributed by atoms with Gasteiger partial charge in [-0.2, -0.15) is 5.26 Å². The number of nitriles is 1. The summed E-state index contributed by atoms with van der Waals surface area (Å²) in [5.41, 5.74) is 1.02. The molecule has 0 spiro atoms. The third kappa shape index (κ3) is 3.34. The fraction of sp³-hybridized carbons (Fsp3) is 0.500. The molecule has 0 bridgehead atoms. The molecule has 0 saturated heterocycles. The molecule has 1 aliphatic rings. The lowest BCUT2D eigenvalue weighted by atomic mass is 9.86. The molecule has 1 aliphatic carbocycles. The molecule has 102 valence electrons. The fourth-order valence-electron chi connectivity index (χ4n) is 2.41. The highest BCUT2D eigenvalue weighted by atomic mass is 32.2. The number of rotatable bonds is 3. The SMILES string of the molecule is Cc1ccc(S(=O)(=O)NC2CCCCC2C#N)cc1. The van der Waals surface area contributed by atoms with Crippen LogP contribution in [0.3, 0.4) is 0 Å². The number of aryl methyl sites for hydroxylation is 1. The normalized spacial score (nSPS) is 23.8. The zero-order valence-corrected chi connectivity index (χ0v) is 11.8. The minimum atomic E-state index is -3.52. The van der Waals surface area contributed by atoms with Crippen LogP contribution in [0.1, 0.15) is 31.2 Å². The Morgan fingerprint density at radius 1 is 1.21 bits per heavy atom. The van der Waals surface area contributed by atoms with E-state index in [1.165, 1.54) is 0 Å². The first kappa shape index (κ1) is 14.0. The third-order valence-electron chi connectivity index (χ3n) is 3.57. The van der Waals surface area contributed by atoms with Crippen LogP contribution in [-0.4, -0.2) is 14.5 Å². The lowest BCUT2D eigenvalue weighted by Crippen LogP contribution is -2.41. The first-order valence-corrected chi connectivity index (χ1v) is 8.00. The Morgan fingerprint density at radius 2 is 1.84 bits per heavy atom. The van der Waals surface area contributed by atoms with Gasteiger partial charge in [0.25, 0.3) is 0 Å². The van der Waals surface area contributed by atoms with Crippen LogP contribution in [0.25, 0.3) is 0 Å². The van der Waals surface area contributed by atoms with Gasteiger partial charge in [-0.05, 0) is 31.9 Å². The zero-order valence-electron chi connectivity index (χ0n) is 11.0. The molecule has 1 fully saturated rings. The van der Waals surface area contributed by atoms with E-state index in [4.69, 9.17) is 5.26 Å². The summed E-state index contributed by atoms with van der Waals surface area (Å²) in [5, 5.41) is 9.08. The molecule has 1 N–H and O–H groups in total. The van der Waals surface area contributed by atoms with Crippen molar-refractivity contribution in [3.63, 3.8) is 0 Å². The lowest BCUT2D eigenvalue weighted by molar-refractivity contribution is 0.346. The Morgan fingerprint density at radius 3 is 2.47 bits per heavy atom. The molecule has 1 saturated carbocycles. The summed E-state index contributed by atoms with van der Waals surface area (Å²) >= 11 is 0. The Bertz CT molecular complexity index is 572. The van der Waals surface area contributed by atoms with Gasteiger partial charge in [0.05, 0.1) is 16.9 Å². The number of hydrogen-bond donors (Lipinski definition) is 1. The quantitative estimate of drug-likeness (QED) is 0.922. The first-order chi connectivity index (χ1) is 9.03. The summed E-state index contributed by atoms with van der Waals surface area (Å²) in [7, 11) is -3.52. The monoisotopic (exact) mass is 278 g/mol. The summed E-state index contributed by atoms with van der Waals surface area (Å²) in [6.07, 6.45) is 3.49. The van der Waals surface area contributed by atoms with E-state index in [1.807, 2.05) is 6.92 Å². The highest BCUT2D eigenvalue weighted by molar-refractivity contribution is 7.89. The molecule has 2 atom stereocenters. The van der Waals surface area contributed by atoms with E-state index in [2.05, 4.69) is 10.8 Å². The van der Waals surface area contributed by atoms with Gasteiger partial charge in [0.2, 0.25) is 10.0 Å². The van der Waals surface area contributed by atoms with Crippen LogP contribution in [0.4, 0.5) is 0 Å². The molecule has 2 unspecified atom stereocenters. The highest BCUT2D eigenvalue weighted by Gasteiger charge is 2.29. The maximum atomic E-state index is 12.3. The Balaban J connectivity index is 2.17. The molecule has 4 nitrogen and oxygen atoms in total. The highest BCUT2D eigenvalue weighted by Crippen LogP contribution is 2.25. The zero-order chi connectivity index (χ0) is 13.9. The van der Waals surface area contributed by atoms with Crippen LogP contribution in [0, 0.1) is 24.2 Å². The average Bonchev–Trinajstić information content (AvgIpc) is 2.39. The summed E-state index contributed by atoms with van der Waals surface area (Å²) in [4.78, 5) is 0.264. The van der Waals surface area contributed by atoms with Crippen molar-refractivity contribution in [1.82, 2.24) is 4.72 Å². The molecular weight excluding hydrogens is 260 g/mol. The van der Waals surface area contributed by atoms with Crippen molar-refractivity contribution in [1.29, 1.82) is 5.26 Å². The second-order valence-corrected chi connectivity index (χ2v) is 6.77. The molecule has 0 amide bonds. The second kappa shape index (κ2) is 5.72. The molecular formula is C14H18N2O2S. The Hall–Kier alpha value is -1.38. The molecule has 0 heterocycles. The van der Waals surface area contributed by atoms with Crippen LogP contribution < -0.4 is 4.72 Å². The standard InChI is InChI=1S/C14H18N2O2S/c1-11-6-8-13(9-7-11)19(17,18)16-14-5-3-2-4-12(14)10-15/h6-9,12,14,16H,2-5H2,1H3. The van der Waals surface area contributed by atoms with Gasteiger partial charge in [0.1, 0.15) is 0 Å². The summed E-state index contributed by atoms with van der Waals surface area (Å²) < 4.78 is 27.2. The van der Waals surface area contributed by atoms with Crippen molar-refractivity contribution in [3.05, 3.63) is 29.8 Å². The predicted molar refractivity (Wildman–Crippen MR) is 72.9 cm³/mol. The molecule has 0 aromatic heterocycles. The average molecular weight is 278 g/mol. The van der Waals surface area contributed by atoms with E-state index in [1.54, 1.807) is 24.3 Å². The molecule has 5 heteroatoms. The molecule has 2 rings (SSSR count). The predicted octanol–water partition coefficient (Wildman–Crippen LogP) is 2.36. The van der Waals surface area contributed by atoms with Gasteiger partial charge in [-0.3, -0.25) is 0 Å². The fourth-order valence-corrected chi connectivity index (χ4v) is 3.72. The largest absolute Gasteiger partial charge is 0.240 e. The minimum Gasteiger partial charge on any atom is -0.207 e. The molecule has 0 aliphatic heterocycles. The maximum Gasteiger partial charge on any atom is 0.240 e. The minimum absolute atomic E-state index is 0.214. The molecule has 1 aromatic carbocycles. The van der Waals surface area contributed by atoms with E-state index < -0.39 is 10.0 Å². The topological polar surface area (TPSA) is 70.0 Å². The van der Waals surface area contributed by atoms with Crippen molar-refractivity contribution >= 4 is 10.0 Å². The van der Waals surface area contributed by atoms with E-state index in [0.29, 0.717) is 0 Å². The van der Waals surface area contributed by atoms with Gasteiger partial charge in [-0.15, -0.1) is 0 Å². The summed E-state index contributed by atoms with van der Waals surface area (Å²) in [6.45, 7) is 1.91. The molecule has 1 aromatic rings. The summed E-state index contributed by atoms with van der Waals surface area (Å²) in [5.74, 6) is -0.214. The lowest BCUT2D eigenvalue weighted by Gasteiger charge is -2.27. The van der Waals surface area contributed by atoms with Crippen molar-refractivity contribution in [2.75, 3.05) is 0 Å². The van der Waals surface area contributed by atoms with Gasteiger partial charge in [0, 0.05) is 6.04 Å². The van der Waals surface area contributed by atoms with Crippen LogP contribution in [0.15, 0.2) is 29.2 Å².